The Morgan fingerprint density at radius 3 is 2.41 bits per heavy atom. The highest BCUT2D eigenvalue weighted by molar-refractivity contribution is 6.09. The number of ether oxygens (including phenoxy) is 2. The van der Waals surface area contributed by atoms with Crippen molar-refractivity contribution in [2.45, 2.75) is 37.8 Å². The van der Waals surface area contributed by atoms with Gasteiger partial charge in [0.15, 0.2) is 5.76 Å². The molecule has 2 heterocycles. The summed E-state index contributed by atoms with van der Waals surface area (Å²) in [5.74, 6) is -0.00400. The number of amides is 2. The van der Waals surface area contributed by atoms with E-state index in [0.29, 0.717) is 30.2 Å². The second-order valence-corrected chi connectivity index (χ2v) is 9.41. The van der Waals surface area contributed by atoms with Crippen LogP contribution in [0.2, 0.25) is 0 Å². The molecule has 0 spiro atoms. The number of nitrogens with zero attached hydrogens (tertiary/aromatic N) is 2. The lowest BCUT2D eigenvalue weighted by atomic mass is 10.0. The molecule has 2 fully saturated rings. The van der Waals surface area contributed by atoms with Crippen molar-refractivity contribution in [1.29, 1.82) is 0 Å². The first-order chi connectivity index (χ1) is 18.2. The summed E-state index contributed by atoms with van der Waals surface area (Å²) >= 11 is 0. The van der Waals surface area contributed by atoms with Crippen molar-refractivity contribution in [1.82, 2.24) is 5.32 Å². The summed E-state index contributed by atoms with van der Waals surface area (Å²) in [6.07, 6.45) is 5.51. The molecule has 0 unspecified atom stereocenters. The molecule has 2 amide bonds. The lowest BCUT2D eigenvalue weighted by Gasteiger charge is -2.33. The summed E-state index contributed by atoms with van der Waals surface area (Å²) in [6, 6.07) is 17.6. The average Bonchev–Trinajstić information content (AvgIpc) is 3.67. The Hall–Kier alpha value is -3.78. The molecule has 1 aliphatic heterocycles. The molecule has 8 heteroatoms. The van der Waals surface area contributed by atoms with Gasteiger partial charge < -0.3 is 24.1 Å². The van der Waals surface area contributed by atoms with Crippen molar-refractivity contribution in [3.8, 4) is 5.75 Å². The first kappa shape index (κ1) is 24.9. The van der Waals surface area contributed by atoms with Crippen molar-refractivity contribution in [2.24, 2.45) is 0 Å². The number of anilines is 2. The number of benzene rings is 2. The van der Waals surface area contributed by atoms with Crippen LogP contribution in [-0.2, 0) is 9.53 Å². The predicted octanol–water partition coefficient (Wildman–Crippen LogP) is 4.57. The number of furan rings is 1. The minimum Gasteiger partial charge on any atom is -0.495 e. The summed E-state index contributed by atoms with van der Waals surface area (Å²) in [6.45, 7) is 3.01. The third-order valence-electron chi connectivity index (χ3n) is 7.09. The van der Waals surface area contributed by atoms with Gasteiger partial charge in [-0.25, -0.2) is 0 Å². The van der Waals surface area contributed by atoms with E-state index in [1.807, 2.05) is 36.4 Å². The zero-order valence-corrected chi connectivity index (χ0v) is 21.1. The Labute approximate surface area is 217 Å². The molecule has 1 atom stereocenters. The fraction of sp³-hybridized carbons (Fsp3) is 0.379. The minimum absolute atomic E-state index is 0.0980. The summed E-state index contributed by atoms with van der Waals surface area (Å²) in [4.78, 5) is 31.6. The Morgan fingerprint density at radius 1 is 1.00 bits per heavy atom. The van der Waals surface area contributed by atoms with Crippen LogP contribution < -0.4 is 19.9 Å². The molecule has 5 rings (SSSR count). The largest absolute Gasteiger partial charge is 0.495 e. The van der Waals surface area contributed by atoms with E-state index in [-0.39, 0.29) is 17.7 Å². The number of morpholine rings is 1. The van der Waals surface area contributed by atoms with Crippen molar-refractivity contribution < 1.29 is 23.5 Å². The smallest absolute Gasteiger partial charge is 0.295 e. The maximum absolute atomic E-state index is 14.0. The molecule has 1 aromatic heterocycles. The molecule has 194 valence electrons. The Bertz CT molecular complexity index is 1180. The van der Waals surface area contributed by atoms with Crippen molar-refractivity contribution >= 4 is 23.2 Å². The van der Waals surface area contributed by atoms with Crippen LogP contribution in [0.25, 0.3) is 0 Å². The monoisotopic (exact) mass is 503 g/mol. The Morgan fingerprint density at radius 2 is 1.73 bits per heavy atom. The van der Waals surface area contributed by atoms with E-state index in [1.54, 1.807) is 31.4 Å². The summed E-state index contributed by atoms with van der Waals surface area (Å²) < 4.78 is 16.6. The van der Waals surface area contributed by atoms with Crippen LogP contribution in [-0.4, -0.2) is 51.3 Å². The second kappa shape index (κ2) is 11.5. The third-order valence-corrected chi connectivity index (χ3v) is 7.09. The van der Waals surface area contributed by atoms with Gasteiger partial charge in [0.05, 0.1) is 32.3 Å². The van der Waals surface area contributed by atoms with Gasteiger partial charge in [-0.3, -0.25) is 14.5 Å². The van der Waals surface area contributed by atoms with E-state index in [4.69, 9.17) is 13.9 Å². The molecule has 37 heavy (non-hydrogen) atoms. The first-order valence-electron chi connectivity index (χ1n) is 12.9. The lowest BCUT2D eigenvalue weighted by molar-refractivity contribution is -0.123. The first-order valence-corrected chi connectivity index (χ1v) is 12.9. The number of hydrogen-bond acceptors (Lipinski definition) is 6. The van der Waals surface area contributed by atoms with Crippen molar-refractivity contribution in [2.75, 3.05) is 43.2 Å². The highest BCUT2D eigenvalue weighted by atomic mass is 16.5. The molecule has 0 radical (unpaired) electrons. The zero-order chi connectivity index (χ0) is 25.6. The fourth-order valence-electron chi connectivity index (χ4n) is 5.17. The number of para-hydroxylation sites is 2. The molecule has 2 aliphatic rings. The standard InChI is InChI=1S/C29H33N3O5/c1-35-25-10-5-4-9-24(25)32(29(34)26-11-6-18-37-26)27(28(33)30-22-7-2-3-8-22)21-12-14-23(15-13-21)31-16-19-36-20-17-31/h4-6,9-15,18,22,27H,2-3,7-8,16-17,19-20H2,1H3,(H,30,33)/t27-/m0/s1. The van der Waals surface area contributed by atoms with E-state index < -0.39 is 11.9 Å². The van der Waals surface area contributed by atoms with Crippen LogP contribution in [0.5, 0.6) is 5.75 Å². The Kier molecular flexibility index (Phi) is 7.75. The third kappa shape index (κ3) is 5.49. The lowest BCUT2D eigenvalue weighted by Crippen LogP contribution is -2.46. The van der Waals surface area contributed by atoms with Crippen LogP contribution in [0.15, 0.2) is 71.3 Å². The SMILES string of the molecule is COc1ccccc1N(C(=O)c1ccco1)[C@H](C(=O)NC1CCCC1)c1ccc(N2CCOCC2)cc1. The average molecular weight is 504 g/mol. The normalized spacial score (nSPS) is 16.8. The number of nitrogens with one attached hydrogen (secondary N) is 1. The number of rotatable bonds is 8. The fourth-order valence-corrected chi connectivity index (χ4v) is 5.17. The highest BCUT2D eigenvalue weighted by Crippen LogP contribution is 2.37. The maximum atomic E-state index is 14.0. The van der Waals surface area contributed by atoms with Crippen LogP contribution >= 0.6 is 0 Å². The van der Waals surface area contributed by atoms with Gasteiger partial charge in [0, 0.05) is 24.8 Å². The molecule has 1 N–H and O–H groups in total. The van der Waals surface area contributed by atoms with E-state index in [1.165, 1.54) is 11.2 Å². The highest BCUT2D eigenvalue weighted by Gasteiger charge is 2.37. The molecular formula is C29H33N3O5. The number of hydrogen-bond donors (Lipinski definition) is 1. The van der Waals surface area contributed by atoms with Gasteiger partial charge in [-0.15, -0.1) is 0 Å². The quantitative estimate of drug-likeness (QED) is 0.485. The predicted molar refractivity (Wildman–Crippen MR) is 141 cm³/mol. The van der Waals surface area contributed by atoms with Crippen LogP contribution in [0.4, 0.5) is 11.4 Å². The number of methoxy groups -OCH3 is 1. The van der Waals surface area contributed by atoms with Crippen LogP contribution in [0.1, 0.15) is 47.8 Å². The van der Waals surface area contributed by atoms with E-state index in [9.17, 15) is 9.59 Å². The molecule has 3 aromatic rings. The topological polar surface area (TPSA) is 84.2 Å². The van der Waals surface area contributed by atoms with Crippen LogP contribution in [0.3, 0.4) is 0 Å². The molecule has 0 bridgehead atoms. The molecule has 2 aromatic carbocycles. The molecule has 1 aliphatic carbocycles. The zero-order valence-electron chi connectivity index (χ0n) is 21.1. The van der Waals surface area contributed by atoms with E-state index >= 15 is 0 Å². The Balaban J connectivity index is 1.57. The van der Waals surface area contributed by atoms with Gasteiger partial charge in [0.1, 0.15) is 11.8 Å². The molecule has 8 nitrogen and oxygen atoms in total. The number of carbonyl (C=O) groups excluding carboxylic acids is 2. The van der Waals surface area contributed by atoms with Crippen molar-refractivity contribution in [3.63, 3.8) is 0 Å². The van der Waals surface area contributed by atoms with Gasteiger partial charge >= 0.3 is 0 Å². The molecule has 1 saturated carbocycles. The number of carbonyl (C=O) groups is 2. The van der Waals surface area contributed by atoms with Crippen LogP contribution in [0, 0.1) is 0 Å². The second-order valence-electron chi connectivity index (χ2n) is 9.41. The van der Waals surface area contributed by atoms with Gasteiger partial charge in [-0.05, 0) is 54.8 Å². The van der Waals surface area contributed by atoms with E-state index in [0.717, 1.165) is 44.5 Å². The van der Waals surface area contributed by atoms with Gasteiger partial charge in [0.2, 0.25) is 5.91 Å². The summed E-state index contributed by atoms with van der Waals surface area (Å²) in [5, 5.41) is 3.21. The van der Waals surface area contributed by atoms with Gasteiger partial charge in [-0.1, -0.05) is 37.1 Å². The van der Waals surface area contributed by atoms with E-state index in [2.05, 4.69) is 10.2 Å². The molecular weight excluding hydrogens is 470 g/mol. The summed E-state index contributed by atoms with van der Waals surface area (Å²) in [5.41, 5.74) is 2.26. The van der Waals surface area contributed by atoms with Gasteiger partial charge in [-0.2, -0.15) is 0 Å². The maximum Gasteiger partial charge on any atom is 0.295 e. The minimum atomic E-state index is -0.923. The van der Waals surface area contributed by atoms with Gasteiger partial charge in [0.25, 0.3) is 5.91 Å². The summed E-state index contributed by atoms with van der Waals surface area (Å²) in [7, 11) is 1.55. The van der Waals surface area contributed by atoms with Crippen molar-refractivity contribution in [3.05, 3.63) is 78.3 Å². The molecule has 1 saturated heterocycles.